The van der Waals surface area contributed by atoms with Gasteiger partial charge in [-0.1, -0.05) is 57.3 Å². The van der Waals surface area contributed by atoms with Gasteiger partial charge in [-0.15, -0.1) is 0 Å². The van der Waals surface area contributed by atoms with Gasteiger partial charge in [0.1, 0.15) is 0 Å². The van der Waals surface area contributed by atoms with Crippen LogP contribution in [0.5, 0.6) is 0 Å². The van der Waals surface area contributed by atoms with Crippen LogP contribution in [0, 0.1) is 11.3 Å². The van der Waals surface area contributed by atoms with Gasteiger partial charge in [0.05, 0.1) is 12.6 Å². The van der Waals surface area contributed by atoms with Crippen LogP contribution in [0.3, 0.4) is 0 Å². The maximum atomic E-state index is 12.8. The lowest BCUT2D eigenvalue weighted by atomic mass is 9.85. The lowest BCUT2D eigenvalue weighted by molar-refractivity contribution is -0.121. The number of rotatable bonds is 9. The van der Waals surface area contributed by atoms with Gasteiger partial charge >= 0.3 is 0 Å². The van der Waals surface area contributed by atoms with Crippen molar-refractivity contribution in [2.45, 2.75) is 96.3 Å². The van der Waals surface area contributed by atoms with Crippen LogP contribution in [0.4, 0.5) is 0 Å². The Hall–Kier alpha value is -1.23. The predicted octanol–water partition coefficient (Wildman–Crippen LogP) is 5.28. The predicted molar refractivity (Wildman–Crippen MR) is 126 cm³/mol. The molecule has 3 heterocycles. The van der Waals surface area contributed by atoms with Crippen LogP contribution < -0.4 is 5.32 Å². The molecule has 3 fully saturated rings. The molecule has 31 heavy (non-hydrogen) atoms. The van der Waals surface area contributed by atoms with Crippen molar-refractivity contribution >= 4 is 23.2 Å². The van der Waals surface area contributed by atoms with E-state index in [2.05, 4.69) is 31.0 Å². The van der Waals surface area contributed by atoms with Crippen molar-refractivity contribution in [1.82, 2.24) is 10.2 Å². The topological polar surface area (TPSA) is 59.3 Å². The Morgan fingerprint density at radius 3 is 2.45 bits per heavy atom. The summed E-state index contributed by atoms with van der Waals surface area (Å²) in [6.07, 6.45) is 8.76. The summed E-state index contributed by atoms with van der Waals surface area (Å²) in [4.78, 5) is 27.7. The number of carbonyl (C=O) groups is 2. The third kappa shape index (κ3) is 5.58. The summed E-state index contributed by atoms with van der Waals surface area (Å²) < 4.78 is 0. The normalized spacial score (nSPS) is 30.4. The molecular formula is C26H37ClN2O2. The van der Waals surface area contributed by atoms with Gasteiger partial charge in [0.15, 0.2) is 11.6 Å². The minimum atomic E-state index is 0.0640. The number of ketones is 2. The van der Waals surface area contributed by atoms with Crippen LogP contribution in [0.2, 0.25) is 5.02 Å². The molecule has 4 rings (SSSR count). The average molecular weight is 445 g/mol. The average Bonchev–Trinajstić information content (AvgIpc) is 3.49. The summed E-state index contributed by atoms with van der Waals surface area (Å²) >= 11 is 6.00. The number of piperidine rings is 1. The fourth-order valence-corrected chi connectivity index (χ4v) is 6.04. The summed E-state index contributed by atoms with van der Waals surface area (Å²) in [7, 11) is 0. The van der Waals surface area contributed by atoms with Gasteiger partial charge in [-0.05, 0) is 55.6 Å². The molecule has 1 N–H and O–H groups in total. The Labute approximate surface area is 192 Å². The second kappa shape index (κ2) is 9.33. The number of unbranched alkanes of at least 4 members (excludes halogenated alkanes) is 1. The van der Waals surface area contributed by atoms with Crippen molar-refractivity contribution in [3.63, 3.8) is 0 Å². The minimum Gasteiger partial charge on any atom is -0.301 e. The lowest BCUT2D eigenvalue weighted by Crippen LogP contribution is -2.46. The van der Waals surface area contributed by atoms with Crippen molar-refractivity contribution in [1.29, 1.82) is 0 Å². The van der Waals surface area contributed by atoms with Gasteiger partial charge in [-0.2, -0.15) is 0 Å². The zero-order valence-electron chi connectivity index (χ0n) is 19.2. The Bertz CT molecular complexity index is 804. The van der Waals surface area contributed by atoms with E-state index in [1.54, 1.807) is 12.1 Å². The maximum absolute atomic E-state index is 12.8. The summed E-state index contributed by atoms with van der Waals surface area (Å²) in [5.74, 6) is 1.32. The van der Waals surface area contributed by atoms with Gasteiger partial charge in [0, 0.05) is 35.1 Å². The summed E-state index contributed by atoms with van der Waals surface area (Å²) in [6, 6.07) is 8.81. The van der Waals surface area contributed by atoms with Crippen LogP contribution in [0.25, 0.3) is 0 Å². The smallest absolute Gasteiger partial charge is 0.165 e. The molecule has 2 bridgehead atoms. The second-order valence-electron chi connectivity index (χ2n) is 11.0. The fraction of sp³-hybridized carbons (Fsp3) is 0.692. The number of benzene rings is 1. The standard InChI is InChI=1S/C26H37ClN2O2/c1-26(2,3)25-24(28-25)23(31)16-29-20-11-12-21(29)14-17(13-20)7-4-5-10-22(30)18-8-6-9-19(27)15-18/h6,8-9,15,17,20-21,24-25,28H,4-5,7,10-14,16H2,1-3H3/t17-,20-,21?,24-,25-/m1/s1. The Morgan fingerprint density at radius 2 is 1.84 bits per heavy atom. The number of nitrogens with zero attached hydrogens (tertiary/aromatic N) is 1. The molecule has 1 aromatic carbocycles. The Morgan fingerprint density at radius 1 is 1.13 bits per heavy atom. The lowest BCUT2D eigenvalue weighted by Gasteiger charge is -2.38. The van der Waals surface area contributed by atoms with Gasteiger partial charge in [0.25, 0.3) is 0 Å². The molecule has 0 saturated carbocycles. The van der Waals surface area contributed by atoms with Crippen LogP contribution in [-0.2, 0) is 4.79 Å². The summed E-state index contributed by atoms with van der Waals surface area (Å²) in [5, 5.41) is 4.03. The van der Waals surface area contributed by atoms with E-state index >= 15 is 0 Å². The first-order valence-corrected chi connectivity index (χ1v) is 12.4. The largest absolute Gasteiger partial charge is 0.301 e. The monoisotopic (exact) mass is 444 g/mol. The van der Waals surface area contributed by atoms with E-state index in [0.717, 1.165) is 24.3 Å². The number of carbonyl (C=O) groups excluding carboxylic acids is 2. The van der Waals surface area contributed by atoms with E-state index in [0.29, 0.717) is 41.9 Å². The third-order valence-electron chi connectivity index (χ3n) is 7.60. The van der Waals surface area contributed by atoms with E-state index < -0.39 is 0 Å². The molecule has 0 amide bonds. The third-order valence-corrected chi connectivity index (χ3v) is 7.83. The van der Waals surface area contributed by atoms with Crippen LogP contribution in [0.15, 0.2) is 24.3 Å². The van der Waals surface area contributed by atoms with Gasteiger partial charge in [-0.25, -0.2) is 0 Å². The second-order valence-corrected chi connectivity index (χ2v) is 11.5. The molecule has 0 radical (unpaired) electrons. The van der Waals surface area contributed by atoms with Gasteiger partial charge in [0.2, 0.25) is 0 Å². The quantitative estimate of drug-likeness (QED) is 0.319. The summed E-state index contributed by atoms with van der Waals surface area (Å²) in [6.45, 7) is 7.24. The van der Waals surface area contributed by atoms with Crippen molar-refractivity contribution in [3.05, 3.63) is 34.9 Å². The number of hydrogen-bond donors (Lipinski definition) is 1. The molecule has 4 nitrogen and oxygen atoms in total. The molecule has 1 unspecified atom stereocenters. The number of hydrogen-bond acceptors (Lipinski definition) is 4. The van der Waals surface area contributed by atoms with Crippen molar-refractivity contribution in [2.75, 3.05) is 6.54 Å². The highest BCUT2D eigenvalue weighted by molar-refractivity contribution is 6.31. The van der Waals surface area contributed by atoms with Crippen molar-refractivity contribution in [3.8, 4) is 0 Å². The minimum absolute atomic E-state index is 0.0640. The van der Waals surface area contributed by atoms with Gasteiger partial charge in [-0.3, -0.25) is 14.5 Å². The maximum Gasteiger partial charge on any atom is 0.165 e. The molecule has 3 aliphatic rings. The highest BCUT2D eigenvalue weighted by atomic mass is 35.5. The first kappa shape index (κ1) is 22.9. The molecular weight excluding hydrogens is 408 g/mol. The number of halogens is 1. The molecule has 1 aromatic rings. The molecule has 5 heteroatoms. The Balaban J connectivity index is 1.18. The van der Waals surface area contributed by atoms with E-state index in [4.69, 9.17) is 11.6 Å². The number of Topliss-reactive ketones (excluding diaryl/α,β-unsaturated/α-hetero) is 2. The van der Waals surface area contributed by atoms with Crippen molar-refractivity contribution in [2.24, 2.45) is 11.3 Å². The first-order valence-electron chi connectivity index (χ1n) is 12.1. The zero-order chi connectivity index (χ0) is 22.2. The number of fused-ring (bicyclic) bond motifs is 2. The highest BCUT2D eigenvalue weighted by Gasteiger charge is 2.50. The Kier molecular flexibility index (Phi) is 6.90. The van der Waals surface area contributed by atoms with Crippen molar-refractivity contribution < 1.29 is 9.59 Å². The first-order chi connectivity index (χ1) is 14.7. The molecule has 0 spiro atoms. The highest BCUT2D eigenvalue weighted by Crippen LogP contribution is 2.41. The fourth-order valence-electron chi connectivity index (χ4n) is 5.85. The molecule has 3 aliphatic heterocycles. The van der Waals surface area contributed by atoms with Gasteiger partial charge < -0.3 is 5.32 Å². The van der Waals surface area contributed by atoms with E-state index in [1.165, 1.54) is 32.1 Å². The zero-order valence-corrected chi connectivity index (χ0v) is 20.0. The van der Waals surface area contributed by atoms with E-state index in [-0.39, 0.29) is 17.2 Å². The number of nitrogens with one attached hydrogen (secondary N) is 1. The molecule has 0 aliphatic carbocycles. The molecule has 0 aromatic heterocycles. The van der Waals surface area contributed by atoms with E-state index in [9.17, 15) is 9.59 Å². The molecule has 3 saturated heterocycles. The van der Waals surface area contributed by atoms with Crippen LogP contribution >= 0.6 is 11.6 Å². The summed E-state index contributed by atoms with van der Waals surface area (Å²) in [5.41, 5.74) is 0.878. The van der Waals surface area contributed by atoms with Crippen LogP contribution in [0.1, 0.15) is 82.5 Å². The molecule has 170 valence electrons. The van der Waals surface area contributed by atoms with E-state index in [1.807, 2.05) is 12.1 Å². The van der Waals surface area contributed by atoms with Crippen LogP contribution in [-0.4, -0.2) is 47.2 Å². The SMILES string of the molecule is CC(C)(C)[C@@H]1N[C@@H]1C(=O)CN1C2CC[C@@H]1C[C@@H](CCCCC(=O)c1cccc(Cl)c1)C2. The molecule has 5 atom stereocenters.